The Labute approximate surface area is 487 Å². The zero-order valence-corrected chi connectivity index (χ0v) is 48.5. The highest BCUT2D eigenvalue weighted by Crippen LogP contribution is 2.34. The number of ether oxygens (including phenoxy) is 2. The van der Waals surface area contributed by atoms with Crippen LogP contribution in [0.5, 0.6) is 0 Å². The first kappa shape index (κ1) is 70.9. The van der Waals surface area contributed by atoms with Crippen LogP contribution in [0.3, 0.4) is 0 Å². The number of nitrogen functional groups attached to an aromatic ring is 1. The number of nitro benzene ring substituents is 6. The van der Waals surface area contributed by atoms with Gasteiger partial charge in [0.2, 0.25) is 12.2 Å². The molecule has 0 saturated heterocycles. The largest absolute Gasteiger partial charge is 0.397 e. The second-order valence-electron chi connectivity index (χ2n) is 16.6. The lowest BCUT2D eigenvalue weighted by molar-refractivity contribution is -0.396. The van der Waals surface area contributed by atoms with Gasteiger partial charge in [0.15, 0.2) is 0 Å². The lowest BCUT2D eigenvalue weighted by Gasteiger charge is -2.19. The van der Waals surface area contributed by atoms with E-state index in [4.69, 9.17) is 73.2 Å². The Kier molecular flexibility index (Phi) is 30.4. The average Bonchev–Trinajstić information content (AvgIpc) is 3.81. The summed E-state index contributed by atoms with van der Waals surface area (Å²) in [5.41, 5.74) is 7.26. The van der Waals surface area contributed by atoms with E-state index in [1.165, 1.54) is 43.2 Å². The second-order valence-corrected chi connectivity index (χ2v) is 18.7. The molecule has 0 amide bonds. The lowest BCUT2D eigenvalue weighted by Crippen LogP contribution is -2.30. The maximum Gasteiger partial charge on any atom is 0.311 e. The topological polar surface area (TPSA) is 326 Å². The summed E-state index contributed by atoms with van der Waals surface area (Å²) >= 11 is 28.3. The minimum atomic E-state index is -1.07. The highest BCUT2D eigenvalue weighted by Gasteiger charge is 2.24. The maximum absolute atomic E-state index is 12.9. The number of halogens is 6. The van der Waals surface area contributed by atoms with Gasteiger partial charge in [-0.2, -0.15) is 4.39 Å². The summed E-state index contributed by atoms with van der Waals surface area (Å²) in [7, 11) is 10.5. The molecule has 0 saturated carbocycles. The van der Waals surface area contributed by atoms with Gasteiger partial charge in [0.05, 0.1) is 64.0 Å². The second kappa shape index (κ2) is 34.8. The van der Waals surface area contributed by atoms with E-state index in [9.17, 15) is 65.1 Å². The smallest absolute Gasteiger partial charge is 0.311 e. The molecule has 81 heavy (non-hydrogen) atoms. The van der Waals surface area contributed by atoms with Gasteiger partial charge in [-0.15, -0.1) is 0 Å². The molecule has 1 heterocycles. The van der Waals surface area contributed by atoms with Crippen molar-refractivity contribution in [2.45, 2.75) is 34.1 Å². The maximum atomic E-state index is 12.9. The van der Waals surface area contributed by atoms with E-state index in [1.54, 1.807) is 39.4 Å². The van der Waals surface area contributed by atoms with E-state index < -0.39 is 58.1 Å². The first-order chi connectivity index (χ1) is 37.8. The molecule has 0 bridgehead atoms. The van der Waals surface area contributed by atoms with Gasteiger partial charge in [-0.05, 0) is 126 Å². The quantitative estimate of drug-likeness (QED) is 0.0526. The minimum Gasteiger partial charge on any atom is -0.397 e. The number of rotatable bonds is 11. The van der Waals surface area contributed by atoms with Crippen molar-refractivity contribution in [2.24, 2.45) is 0 Å². The third kappa shape index (κ3) is 24.8. The van der Waals surface area contributed by atoms with Crippen LogP contribution in [-0.2, 0) is 9.47 Å². The normalized spacial score (nSPS) is 10.1. The Morgan fingerprint density at radius 3 is 1.33 bits per heavy atom. The molecule has 0 spiro atoms. The van der Waals surface area contributed by atoms with Crippen molar-refractivity contribution in [2.75, 3.05) is 48.1 Å². The van der Waals surface area contributed by atoms with Gasteiger partial charge in [0.25, 0.3) is 28.4 Å². The highest BCUT2D eigenvalue weighted by atomic mass is 35.5. The number of nitrogens with one attached hydrogen (secondary N) is 1. The molecule has 0 atom stereocenters. The summed E-state index contributed by atoms with van der Waals surface area (Å²) < 4.78 is 22.6. The molecule has 0 fully saturated rings. The zero-order valence-electron chi connectivity index (χ0n) is 44.8. The molecular weight excluding hydrogens is 1170 g/mol. The Bertz CT molecular complexity index is 3080. The van der Waals surface area contributed by atoms with Crippen LogP contribution in [0.2, 0.25) is 25.1 Å². The average molecular weight is 1230 g/mol. The molecule has 1 aromatic heterocycles. The van der Waals surface area contributed by atoms with Crippen LogP contribution in [0.25, 0.3) is 17.0 Å². The van der Waals surface area contributed by atoms with Gasteiger partial charge in [-0.3, -0.25) is 65.6 Å². The van der Waals surface area contributed by atoms with Crippen LogP contribution >= 0.6 is 58.0 Å². The van der Waals surface area contributed by atoms with Crippen molar-refractivity contribution in [1.29, 1.82) is 0 Å². The Balaban J connectivity index is 0.000000482. The van der Waals surface area contributed by atoms with Gasteiger partial charge >= 0.3 is 5.69 Å². The monoisotopic (exact) mass is 1220 g/mol. The van der Waals surface area contributed by atoms with E-state index in [0.717, 1.165) is 39.1 Å². The van der Waals surface area contributed by atoms with E-state index in [1.807, 2.05) is 106 Å². The van der Waals surface area contributed by atoms with E-state index in [0.29, 0.717) is 22.3 Å². The number of nitrogens with two attached hydrogens (primary N) is 1. The van der Waals surface area contributed by atoms with E-state index in [2.05, 4.69) is 4.98 Å². The van der Waals surface area contributed by atoms with Crippen LogP contribution in [0, 0.1) is 94.2 Å². The van der Waals surface area contributed by atoms with Crippen molar-refractivity contribution in [3.05, 3.63) is 235 Å². The van der Waals surface area contributed by atoms with Crippen LogP contribution < -0.4 is 5.73 Å². The van der Waals surface area contributed by atoms with Gasteiger partial charge < -0.3 is 25.1 Å². The summed E-state index contributed by atoms with van der Waals surface area (Å²) in [6.45, 7) is 6.82. The summed E-state index contributed by atoms with van der Waals surface area (Å²) in [5, 5.41) is 66.0. The summed E-state index contributed by atoms with van der Waals surface area (Å²) in [6, 6.07) is 26.7. The summed E-state index contributed by atoms with van der Waals surface area (Å²) in [5.74, 6) is -1.07. The third-order valence-corrected chi connectivity index (χ3v) is 11.2. The number of nitro groups is 6. The molecule has 0 aliphatic rings. The molecule has 6 aromatic carbocycles. The van der Waals surface area contributed by atoms with E-state index >= 15 is 0 Å². The summed E-state index contributed by atoms with van der Waals surface area (Å²) in [6.07, 6.45) is 4.70. The fourth-order valence-electron chi connectivity index (χ4n) is 6.02. The Morgan fingerprint density at radius 2 is 0.963 bits per heavy atom. The first-order valence-electron chi connectivity index (χ1n) is 22.6. The summed E-state index contributed by atoms with van der Waals surface area (Å²) in [4.78, 5) is 64.9. The fourth-order valence-corrected chi connectivity index (χ4v) is 7.21. The number of anilines is 1. The lowest BCUT2D eigenvalue weighted by atomic mass is 10.1. The molecule has 0 radical (unpaired) electrons. The molecule has 0 unspecified atom stereocenters. The standard InChI is InChI=1S/C10H10ClN3O4.C8H7ClN2.C7H5ClN2O4.2C7H7Cl.C7H5FN2O4.C5H13NO2/c1-12(2)4-3-7-5-8(11)10(14(17)18)6-9(7)13(15)16;9-6-3-5-1-2-11-8(5)4-7(6)10;1-4-2-5(8)7(10(13)14)3-6(4)9(11)12;2*1-6-3-2-4-7(8)5-6;1-4-2-5(8)7(10(13)14)3-6(4)9(11)12;1-6(2)5(7-3)8-4/h3-6H,1-2H3;1-4,11H,10H2;2-3H,1H3;2*2-5H,1H3;2-3H,1H3;5H,1-4H3/b4-3+;;;;;;. The number of benzene rings is 6. The van der Waals surface area contributed by atoms with Crippen molar-refractivity contribution in [3.8, 4) is 0 Å². The minimum absolute atomic E-state index is 0.0538. The number of hydrogen-bond donors (Lipinski definition) is 2. The van der Waals surface area contributed by atoms with Gasteiger partial charge in [0.1, 0.15) is 10.0 Å². The number of aryl methyl sites for hydroxylation is 4. The number of methoxy groups -OCH3 is 2. The number of aromatic nitrogens is 1. The predicted octanol–water partition coefficient (Wildman–Crippen LogP) is 14.9. The van der Waals surface area contributed by atoms with Gasteiger partial charge in [-0.25, -0.2) is 0 Å². The third-order valence-electron chi connectivity index (χ3n) is 9.82. The van der Waals surface area contributed by atoms with E-state index in [-0.39, 0.29) is 39.0 Å². The molecule has 0 aliphatic heterocycles. The Hall–Kier alpha value is -8.14. The molecule has 0 aliphatic carbocycles. The highest BCUT2D eigenvalue weighted by molar-refractivity contribution is 6.34. The number of nitrogens with zero attached hydrogens (tertiary/aromatic N) is 8. The SMILES string of the molecule is CN(C)/C=C/c1cc(Cl)c([N+](=O)[O-])cc1[N+](=O)[O-].COC(OC)N(C)C.Cc1cc(Cl)c([N+](=O)[O-])cc1[N+](=O)[O-].Cc1cc(F)c([N+](=O)[O-])cc1[N+](=O)[O-].Cc1cccc(Cl)c1.Cc1cccc(Cl)c1.Nc1cc2[nH]ccc2cc1Cl. The number of H-pyrrole nitrogens is 1. The van der Waals surface area contributed by atoms with Crippen LogP contribution in [0.15, 0.2) is 116 Å². The number of hydrogen-bond acceptors (Lipinski definition) is 17. The molecule has 24 nitrogen and oxygen atoms in total. The number of fused-ring (bicyclic) bond motifs is 1. The van der Waals surface area contributed by atoms with Gasteiger partial charge in [0, 0.05) is 66.6 Å². The molecule has 3 N–H and O–H groups in total. The van der Waals surface area contributed by atoms with Crippen molar-refractivity contribution in [3.63, 3.8) is 0 Å². The van der Waals surface area contributed by atoms with Crippen LogP contribution in [-0.4, -0.2) is 93.1 Å². The predicted molar refractivity (Wildman–Crippen MR) is 313 cm³/mol. The van der Waals surface area contributed by atoms with Crippen molar-refractivity contribution < 1.29 is 43.4 Å². The molecule has 7 aromatic rings. The molecular formula is C51H54Cl5FN10O14. The molecule has 7 rings (SSSR count). The Morgan fingerprint density at radius 1 is 0.543 bits per heavy atom. The van der Waals surface area contributed by atoms with Crippen LogP contribution in [0.1, 0.15) is 27.8 Å². The number of aromatic amines is 1. The van der Waals surface area contributed by atoms with Crippen molar-refractivity contribution in [1.82, 2.24) is 14.8 Å². The fraction of sp³-hybridized carbons (Fsp3) is 0.216. The molecule has 30 heteroatoms. The molecule has 434 valence electrons. The van der Waals surface area contributed by atoms with Crippen LogP contribution in [0.4, 0.5) is 44.2 Å². The zero-order chi connectivity index (χ0) is 62.0. The first-order valence-corrected chi connectivity index (χ1v) is 24.5. The van der Waals surface area contributed by atoms with Crippen molar-refractivity contribution >= 4 is 115 Å². The van der Waals surface area contributed by atoms with Gasteiger partial charge in [-0.1, -0.05) is 82.3 Å².